The molecule has 0 radical (unpaired) electrons. The Balaban J connectivity index is 1.43. The van der Waals surface area contributed by atoms with Gasteiger partial charge in [-0.05, 0) is 31.0 Å². The zero-order chi connectivity index (χ0) is 20.3. The van der Waals surface area contributed by atoms with Gasteiger partial charge in [0.2, 0.25) is 0 Å². The summed E-state index contributed by atoms with van der Waals surface area (Å²) in [4.78, 5) is 28.2. The van der Waals surface area contributed by atoms with Gasteiger partial charge in [-0.15, -0.1) is 0 Å². The number of likely N-dealkylation sites (tertiary alicyclic amines) is 1. The number of nitrogens with one attached hydrogen (secondary N) is 2. The minimum absolute atomic E-state index is 0.172. The third-order valence-corrected chi connectivity index (χ3v) is 5.78. The third-order valence-electron chi connectivity index (χ3n) is 5.78. The first-order valence-corrected chi connectivity index (χ1v) is 8.66. The van der Waals surface area contributed by atoms with E-state index in [2.05, 4.69) is 15.0 Å². The maximum Gasteiger partial charge on any atom is 0.340 e. The van der Waals surface area contributed by atoms with E-state index in [1.807, 2.05) is 0 Å². The number of alkyl halides is 4. The third kappa shape index (κ3) is 2.33. The summed E-state index contributed by atoms with van der Waals surface area (Å²) in [5, 5.41) is 3.24. The first-order valence-electron chi connectivity index (χ1n) is 8.66. The van der Waals surface area contributed by atoms with Crippen LogP contribution in [0, 0.1) is 5.41 Å². The Morgan fingerprint density at radius 3 is 2.36 bits per heavy atom. The molecule has 6 nitrogen and oxygen atoms in total. The van der Waals surface area contributed by atoms with E-state index in [-0.39, 0.29) is 13.1 Å². The summed E-state index contributed by atoms with van der Waals surface area (Å²) < 4.78 is 58.5. The van der Waals surface area contributed by atoms with Crippen molar-refractivity contribution >= 4 is 28.6 Å². The molecule has 1 saturated carbocycles. The zero-order valence-corrected chi connectivity index (χ0v) is 14.8. The first kappa shape index (κ1) is 18.6. The molecule has 1 aromatic carbocycles. The minimum Gasteiger partial charge on any atom is -0.465 e. The van der Waals surface area contributed by atoms with Crippen molar-refractivity contribution in [1.29, 1.82) is 0 Å². The molecule has 0 bridgehead atoms. The summed E-state index contributed by atoms with van der Waals surface area (Å²) in [7, 11) is 1.27. The van der Waals surface area contributed by atoms with Crippen molar-refractivity contribution in [3.05, 3.63) is 30.0 Å². The van der Waals surface area contributed by atoms with Crippen LogP contribution in [0.2, 0.25) is 0 Å². The first-order chi connectivity index (χ1) is 13.1. The van der Waals surface area contributed by atoms with Crippen LogP contribution in [0.3, 0.4) is 0 Å². The predicted octanol–water partition coefficient (Wildman–Crippen LogP) is 3.85. The van der Waals surface area contributed by atoms with Crippen LogP contribution < -0.4 is 5.32 Å². The van der Waals surface area contributed by atoms with Crippen LogP contribution in [0.5, 0.6) is 0 Å². The molecule has 150 valence electrons. The molecular formula is C18H17F4N3O3. The van der Waals surface area contributed by atoms with Gasteiger partial charge in [0.25, 0.3) is 0 Å². The van der Waals surface area contributed by atoms with E-state index < -0.39 is 42.1 Å². The topological polar surface area (TPSA) is 74.4 Å². The van der Waals surface area contributed by atoms with E-state index in [1.54, 1.807) is 18.2 Å². The number of hydrogen-bond donors (Lipinski definition) is 2. The van der Waals surface area contributed by atoms with Gasteiger partial charge in [-0.1, -0.05) is 0 Å². The Bertz CT molecular complexity index is 948. The number of rotatable bonds is 2. The smallest absolute Gasteiger partial charge is 0.340 e. The molecule has 1 aliphatic heterocycles. The number of hydrogen-bond acceptors (Lipinski definition) is 3. The number of esters is 1. The molecule has 0 unspecified atom stereocenters. The summed E-state index contributed by atoms with van der Waals surface area (Å²) in [6.07, 6.45) is 0.597. The quantitative estimate of drug-likeness (QED) is 0.595. The fraction of sp³-hybridized carbons (Fsp3) is 0.444. The molecule has 2 aromatic rings. The summed E-state index contributed by atoms with van der Waals surface area (Å²) in [6.45, 7) is -0.345. The zero-order valence-electron chi connectivity index (χ0n) is 14.8. The number of fused-ring (bicyclic) bond motifs is 1. The average Bonchev–Trinajstić information content (AvgIpc) is 2.99. The monoisotopic (exact) mass is 399 g/mol. The van der Waals surface area contributed by atoms with E-state index in [0.29, 0.717) is 22.2 Å². The summed E-state index contributed by atoms with van der Waals surface area (Å²) in [5.74, 6) is -8.50. The number of urea groups is 1. The lowest BCUT2D eigenvalue weighted by molar-refractivity contribution is -0.0278. The van der Waals surface area contributed by atoms with Gasteiger partial charge in [0, 0.05) is 35.9 Å². The lowest BCUT2D eigenvalue weighted by atomic mass is 9.92. The van der Waals surface area contributed by atoms with Crippen LogP contribution in [0.4, 0.5) is 28.0 Å². The predicted molar refractivity (Wildman–Crippen MR) is 91.8 cm³/mol. The van der Waals surface area contributed by atoms with Gasteiger partial charge in [-0.2, -0.15) is 17.6 Å². The highest BCUT2D eigenvalue weighted by Gasteiger charge is 2.95. The minimum atomic E-state index is -4.00. The highest BCUT2D eigenvalue weighted by Crippen LogP contribution is 2.76. The number of halogens is 4. The molecule has 1 aliphatic carbocycles. The second kappa shape index (κ2) is 5.86. The van der Waals surface area contributed by atoms with Crippen LogP contribution in [0.1, 0.15) is 23.2 Å². The Morgan fingerprint density at radius 2 is 1.79 bits per heavy atom. The Labute approximate surface area is 156 Å². The van der Waals surface area contributed by atoms with Crippen LogP contribution in [-0.4, -0.2) is 53.9 Å². The van der Waals surface area contributed by atoms with E-state index in [4.69, 9.17) is 0 Å². The summed E-state index contributed by atoms with van der Waals surface area (Å²) >= 11 is 0. The highest BCUT2D eigenvalue weighted by molar-refractivity contribution is 6.05. The van der Waals surface area contributed by atoms with Gasteiger partial charge in [-0.3, -0.25) is 0 Å². The fourth-order valence-electron chi connectivity index (χ4n) is 3.93. The van der Waals surface area contributed by atoms with Crippen molar-refractivity contribution in [3.63, 3.8) is 0 Å². The number of methoxy groups -OCH3 is 1. The van der Waals surface area contributed by atoms with Gasteiger partial charge < -0.3 is 19.9 Å². The molecule has 10 heteroatoms. The van der Waals surface area contributed by atoms with Gasteiger partial charge in [0.05, 0.1) is 12.7 Å². The molecule has 1 saturated heterocycles. The number of piperidine rings is 1. The lowest BCUT2D eigenvalue weighted by Crippen LogP contribution is -2.43. The van der Waals surface area contributed by atoms with Crippen molar-refractivity contribution in [3.8, 4) is 0 Å². The average molecular weight is 399 g/mol. The van der Waals surface area contributed by atoms with Crippen LogP contribution >= 0.6 is 0 Å². The summed E-state index contributed by atoms with van der Waals surface area (Å²) in [6, 6.07) is 4.26. The molecule has 1 spiro atoms. The number of carbonyl (C=O) groups excluding carboxylic acids is 2. The number of aromatic amines is 1. The number of nitrogens with zero attached hydrogens (tertiary/aromatic N) is 1. The van der Waals surface area contributed by atoms with Crippen molar-refractivity contribution in [1.82, 2.24) is 9.88 Å². The fourth-order valence-corrected chi connectivity index (χ4v) is 3.93. The molecule has 2 heterocycles. The standard InChI is InChI=1S/C18H17F4N3O3/c1-28-14(26)12-9-23-13-8-10(2-3-11(12)13)24-15(27)25-6-4-16(5-7-25)17(19,20)18(16,21)22/h2-3,8-9,23H,4-7H2,1H3,(H,24,27). The van der Waals surface area contributed by atoms with Crippen molar-refractivity contribution in [2.24, 2.45) is 5.41 Å². The number of aromatic nitrogens is 1. The molecule has 1 aromatic heterocycles. The Kier molecular flexibility index (Phi) is 3.89. The molecular weight excluding hydrogens is 382 g/mol. The number of benzene rings is 1. The van der Waals surface area contributed by atoms with E-state index in [0.717, 1.165) is 0 Å². The molecule has 28 heavy (non-hydrogen) atoms. The second-order valence-corrected chi connectivity index (χ2v) is 7.10. The lowest BCUT2D eigenvalue weighted by Gasteiger charge is -2.31. The maximum atomic E-state index is 13.5. The molecule has 2 N–H and O–H groups in total. The largest absolute Gasteiger partial charge is 0.465 e. The second-order valence-electron chi connectivity index (χ2n) is 7.10. The molecule has 0 atom stereocenters. The Hall–Kier alpha value is -2.78. The van der Waals surface area contributed by atoms with Crippen molar-refractivity contribution in [2.45, 2.75) is 24.7 Å². The molecule has 2 amide bonds. The summed E-state index contributed by atoms with van der Waals surface area (Å²) in [5.41, 5.74) is -0.960. The molecule has 4 rings (SSSR count). The molecule has 2 fully saturated rings. The van der Waals surface area contributed by atoms with Crippen molar-refractivity contribution in [2.75, 3.05) is 25.5 Å². The van der Waals surface area contributed by atoms with E-state index >= 15 is 0 Å². The van der Waals surface area contributed by atoms with E-state index in [1.165, 1.54) is 18.2 Å². The van der Waals surface area contributed by atoms with Crippen molar-refractivity contribution < 1.29 is 31.9 Å². The SMILES string of the molecule is COC(=O)c1c[nH]c2cc(NC(=O)N3CCC4(CC3)C(F)(F)C4(F)F)ccc12. The van der Waals surface area contributed by atoms with Gasteiger partial charge in [0.1, 0.15) is 5.41 Å². The number of amides is 2. The van der Waals surface area contributed by atoms with Crippen LogP contribution in [0.15, 0.2) is 24.4 Å². The molecule has 2 aliphatic rings. The van der Waals surface area contributed by atoms with E-state index in [9.17, 15) is 27.2 Å². The maximum absolute atomic E-state index is 13.5. The van der Waals surface area contributed by atoms with Crippen LogP contribution in [-0.2, 0) is 4.74 Å². The van der Waals surface area contributed by atoms with Gasteiger partial charge in [0.15, 0.2) is 0 Å². The highest BCUT2D eigenvalue weighted by atomic mass is 19.3. The number of H-pyrrole nitrogens is 1. The van der Waals surface area contributed by atoms with Gasteiger partial charge >= 0.3 is 23.8 Å². The number of anilines is 1. The Morgan fingerprint density at radius 1 is 1.14 bits per heavy atom. The normalized spacial score (nSPS) is 21.5. The number of carbonyl (C=O) groups is 2. The van der Waals surface area contributed by atoms with Gasteiger partial charge in [-0.25, -0.2) is 9.59 Å². The number of ether oxygens (including phenoxy) is 1. The van der Waals surface area contributed by atoms with Crippen LogP contribution in [0.25, 0.3) is 10.9 Å².